The molecule has 0 radical (unpaired) electrons. The Labute approximate surface area is 154 Å². The molecule has 1 aromatic rings. The van der Waals surface area contributed by atoms with E-state index >= 15 is 0 Å². The van der Waals surface area contributed by atoms with Crippen LogP contribution in [0.3, 0.4) is 0 Å². The number of carbonyl (C=O) groups is 1. The summed E-state index contributed by atoms with van der Waals surface area (Å²) in [6, 6.07) is 4.45. The first kappa shape index (κ1) is 18.2. The summed E-state index contributed by atoms with van der Waals surface area (Å²) < 4.78 is 0. The number of carbonyl (C=O) groups excluding carboxylic acids is 1. The molecule has 4 N–H and O–H groups in total. The molecular formula is C19H28N6O. The molecule has 1 fully saturated rings. The Morgan fingerprint density at radius 2 is 2.08 bits per heavy atom. The van der Waals surface area contributed by atoms with Crippen molar-refractivity contribution in [3.8, 4) is 0 Å². The van der Waals surface area contributed by atoms with Crippen LogP contribution < -0.4 is 21.3 Å². The van der Waals surface area contributed by atoms with Crippen LogP contribution in [0.5, 0.6) is 0 Å². The number of hydrogen-bond donors (Lipinski definition) is 3. The van der Waals surface area contributed by atoms with Crippen LogP contribution in [-0.2, 0) is 11.3 Å². The monoisotopic (exact) mass is 356 g/mol. The number of nitrogens with two attached hydrogens (primary N) is 1. The number of amides is 1. The highest BCUT2D eigenvalue weighted by Crippen LogP contribution is 2.24. The number of rotatable bonds is 5. The van der Waals surface area contributed by atoms with E-state index in [0.29, 0.717) is 12.6 Å². The predicted molar refractivity (Wildman–Crippen MR) is 104 cm³/mol. The molecule has 1 saturated heterocycles. The highest BCUT2D eigenvalue weighted by atomic mass is 16.1. The standard InChI is InChI=1S/C19H28N6O/c1-21-19(24-16-6-2-3-7-16)23-13-15-5-4-10-22-18(15)25-11-8-14(9-12-25)17(20)26/h2-5,10,14,16H,6-9,11-13H2,1H3,(H2,20,26)(H2,21,23,24). The molecule has 2 heterocycles. The molecule has 1 amide bonds. The molecule has 140 valence electrons. The van der Waals surface area contributed by atoms with Crippen LogP contribution in [-0.4, -0.2) is 43.0 Å². The van der Waals surface area contributed by atoms with Crippen molar-refractivity contribution in [3.63, 3.8) is 0 Å². The number of anilines is 1. The van der Waals surface area contributed by atoms with E-state index in [1.54, 1.807) is 7.05 Å². The average Bonchev–Trinajstić information content (AvgIpc) is 3.18. The van der Waals surface area contributed by atoms with Gasteiger partial charge < -0.3 is 21.3 Å². The van der Waals surface area contributed by atoms with E-state index in [-0.39, 0.29) is 11.8 Å². The van der Waals surface area contributed by atoms with E-state index in [1.165, 1.54) is 0 Å². The maximum absolute atomic E-state index is 11.4. The number of primary amides is 1. The largest absolute Gasteiger partial charge is 0.369 e. The fraction of sp³-hybridized carbons (Fsp3) is 0.526. The van der Waals surface area contributed by atoms with Gasteiger partial charge in [0.05, 0.1) is 0 Å². The number of guanidine groups is 1. The SMILES string of the molecule is CN=C(NCc1cccnc1N1CCC(C(N)=O)CC1)NC1CC=CC1. The van der Waals surface area contributed by atoms with Gasteiger partial charge in [0, 0.05) is 50.4 Å². The van der Waals surface area contributed by atoms with Crippen molar-refractivity contribution in [2.75, 3.05) is 25.0 Å². The maximum atomic E-state index is 11.4. The van der Waals surface area contributed by atoms with E-state index in [9.17, 15) is 4.79 Å². The van der Waals surface area contributed by atoms with Crippen LogP contribution in [0.2, 0.25) is 0 Å². The predicted octanol–water partition coefficient (Wildman–Crippen LogP) is 1.17. The first-order valence-electron chi connectivity index (χ1n) is 9.27. The Kier molecular flexibility index (Phi) is 6.09. The summed E-state index contributed by atoms with van der Waals surface area (Å²) in [6.07, 6.45) is 9.85. The number of nitrogens with one attached hydrogen (secondary N) is 2. The number of pyridine rings is 1. The Morgan fingerprint density at radius 1 is 1.35 bits per heavy atom. The molecule has 26 heavy (non-hydrogen) atoms. The highest BCUT2D eigenvalue weighted by Gasteiger charge is 2.25. The van der Waals surface area contributed by atoms with Gasteiger partial charge in [-0.1, -0.05) is 18.2 Å². The molecule has 0 saturated carbocycles. The Hall–Kier alpha value is -2.57. The van der Waals surface area contributed by atoms with Gasteiger partial charge in [-0.15, -0.1) is 0 Å². The minimum absolute atomic E-state index is 0.0143. The van der Waals surface area contributed by atoms with Crippen LogP contribution in [0.4, 0.5) is 5.82 Å². The summed E-state index contributed by atoms with van der Waals surface area (Å²) in [4.78, 5) is 22.5. The van der Waals surface area contributed by atoms with Gasteiger partial charge in [-0.2, -0.15) is 0 Å². The fourth-order valence-electron chi connectivity index (χ4n) is 3.53. The molecule has 0 bridgehead atoms. The number of aromatic nitrogens is 1. The molecule has 1 aliphatic heterocycles. The molecule has 7 heteroatoms. The normalized spacial score (nSPS) is 19.0. The van der Waals surface area contributed by atoms with Crippen molar-refractivity contribution in [1.29, 1.82) is 0 Å². The Morgan fingerprint density at radius 3 is 2.73 bits per heavy atom. The zero-order valence-corrected chi connectivity index (χ0v) is 15.3. The molecule has 0 unspecified atom stereocenters. The van der Waals surface area contributed by atoms with Gasteiger partial charge in [0.15, 0.2) is 5.96 Å². The van der Waals surface area contributed by atoms with Crippen LogP contribution in [0.15, 0.2) is 35.5 Å². The van der Waals surface area contributed by atoms with E-state index in [2.05, 4.69) is 43.7 Å². The second-order valence-electron chi connectivity index (χ2n) is 6.86. The highest BCUT2D eigenvalue weighted by molar-refractivity contribution is 5.80. The van der Waals surface area contributed by atoms with Crippen molar-refractivity contribution >= 4 is 17.7 Å². The second kappa shape index (κ2) is 8.69. The third kappa shape index (κ3) is 4.53. The summed E-state index contributed by atoms with van der Waals surface area (Å²) in [7, 11) is 1.79. The van der Waals surface area contributed by atoms with E-state index in [1.807, 2.05) is 12.3 Å². The zero-order chi connectivity index (χ0) is 18.4. The lowest BCUT2D eigenvalue weighted by Crippen LogP contribution is -2.42. The van der Waals surface area contributed by atoms with Crippen molar-refractivity contribution in [3.05, 3.63) is 36.0 Å². The summed E-state index contributed by atoms with van der Waals surface area (Å²) in [5.74, 6) is 1.57. The number of piperidine rings is 1. The zero-order valence-electron chi connectivity index (χ0n) is 15.3. The van der Waals surface area contributed by atoms with Crippen molar-refractivity contribution in [2.24, 2.45) is 16.6 Å². The van der Waals surface area contributed by atoms with Crippen molar-refractivity contribution < 1.29 is 4.79 Å². The third-order valence-corrected chi connectivity index (χ3v) is 5.08. The van der Waals surface area contributed by atoms with E-state index < -0.39 is 0 Å². The number of nitrogens with zero attached hydrogens (tertiary/aromatic N) is 3. The lowest BCUT2D eigenvalue weighted by atomic mass is 9.96. The van der Waals surface area contributed by atoms with Gasteiger partial charge in [-0.05, 0) is 31.7 Å². The van der Waals surface area contributed by atoms with Crippen LogP contribution >= 0.6 is 0 Å². The van der Waals surface area contributed by atoms with E-state index in [4.69, 9.17) is 5.73 Å². The average molecular weight is 356 g/mol. The molecule has 1 aliphatic carbocycles. The quantitative estimate of drug-likeness (QED) is 0.418. The molecule has 0 spiro atoms. The molecule has 1 aromatic heterocycles. The second-order valence-corrected chi connectivity index (χ2v) is 6.86. The van der Waals surface area contributed by atoms with Crippen molar-refractivity contribution in [2.45, 2.75) is 38.3 Å². The summed E-state index contributed by atoms with van der Waals surface area (Å²) in [5.41, 5.74) is 6.56. The third-order valence-electron chi connectivity index (χ3n) is 5.08. The van der Waals surface area contributed by atoms with Gasteiger partial charge in [-0.3, -0.25) is 9.79 Å². The summed E-state index contributed by atoms with van der Waals surface area (Å²) in [5, 5.41) is 6.83. The van der Waals surface area contributed by atoms with E-state index in [0.717, 1.165) is 56.1 Å². The fourth-order valence-corrected chi connectivity index (χ4v) is 3.53. The first-order valence-corrected chi connectivity index (χ1v) is 9.27. The lowest BCUT2D eigenvalue weighted by Gasteiger charge is -2.32. The van der Waals surface area contributed by atoms with Crippen molar-refractivity contribution in [1.82, 2.24) is 15.6 Å². The molecule has 7 nitrogen and oxygen atoms in total. The number of aliphatic imine (C=N–C) groups is 1. The van der Waals surface area contributed by atoms with Gasteiger partial charge >= 0.3 is 0 Å². The van der Waals surface area contributed by atoms with Gasteiger partial charge in [0.25, 0.3) is 0 Å². The first-order chi connectivity index (χ1) is 12.7. The Balaban J connectivity index is 1.59. The molecule has 0 atom stereocenters. The maximum Gasteiger partial charge on any atom is 0.220 e. The van der Waals surface area contributed by atoms with Crippen LogP contribution in [0, 0.1) is 5.92 Å². The molecule has 2 aliphatic rings. The van der Waals surface area contributed by atoms with Crippen LogP contribution in [0.1, 0.15) is 31.2 Å². The van der Waals surface area contributed by atoms with Gasteiger partial charge in [0.1, 0.15) is 5.82 Å². The Bertz CT molecular complexity index is 670. The van der Waals surface area contributed by atoms with Crippen LogP contribution in [0.25, 0.3) is 0 Å². The lowest BCUT2D eigenvalue weighted by molar-refractivity contribution is -0.122. The minimum atomic E-state index is -0.191. The van der Waals surface area contributed by atoms with Gasteiger partial charge in [0.2, 0.25) is 5.91 Å². The summed E-state index contributed by atoms with van der Waals surface area (Å²) in [6.45, 7) is 2.26. The molecule has 3 rings (SSSR count). The van der Waals surface area contributed by atoms with Gasteiger partial charge in [-0.25, -0.2) is 4.98 Å². The number of hydrogen-bond acceptors (Lipinski definition) is 4. The molecular weight excluding hydrogens is 328 g/mol. The summed E-state index contributed by atoms with van der Waals surface area (Å²) >= 11 is 0. The minimum Gasteiger partial charge on any atom is -0.369 e. The topological polar surface area (TPSA) is 95.6 Å². The smallest absolute Gasteiger partial charge is 0.220 e. The molecule has 0 aromatic carbocycles.